The second kappa shape index (κ2) is 6.36. The maximum absolute atomic E-state index is 12.4. The van der Waals surface area contributed by atoms with Gasteiger partial charge in [-0.3, -0.25) is 4.79 Å². The van der Waals surface area contributed by atoms with Crippen molar-refractivity contribution in [3.05, 3.63) is 54.4 Å². The Balaban J connectivity index is 2.27. The lowest BCUT2D eigenvalue weighted by molar-refractivity contribution is 0.0520. The fourth-order valence-corrected chi connectivity index (χ4v) is 2.04. The van der Waals surface area contributed by atoms with E-state index in [9.17, 15) is 9.90 Å². The Hall–Kier alpha value is -2.11. The van der Waals surface area contributed by atoms with Crippen LogP contribution in [0, 0.1) is 0 Å². The van der Waals surface area contributed by atoms with Crippen LogP contribution < -0.4 is 0 Å². The van der Waals surface area contributed by atoms with Crippen LogP contribution in [0.5, 0.6) is 0 Å². The number of carbonyl (C=O) groups is 1. The predicted molar refractivity (Wildman–Crippen MR) is 75.8 cm³/mol. The zero-order chi connectivity index (χ0) is 14.5. The molecule has 1 aromatic heterocycles. The molecule has 0 aliphatic heterocycles. The number of para-hydroxylation sites is 1. The van der Waals surface area contributed by atoms with Crippen LogP contribution in [0.25, 0.3) is 5.69 Å². The van der Waals surface area contributed by atoms with Gasteiger partial charge < -0.3 is 19.7 Å². The minimum absolute atomic E-state index is 0.0926. The van der Waals surface area contributed by atoms with Gasteiger partial charge in [0.1, 0.15) is 0 Å². The van der Waals surface area contributed by atoms with Crippen LogP contribution in [0.1, 0.15) is 10.4 Å². The summed E-state index contributed by atoms with van der Waals surface area (Å²) in [4.78, 5) is 13.8. The van der Waals surface area contributed by atoms with Gasteiger partial charge in [0.2, 0.25) is 0 Å². The first-order valence-corrected chi connectivity index (χ1v) is 6.40. The Kier molecular flexibility index (Phi) is 4.55. The lowest BCUT2D eigenvalue weighted by atomic mass is 10.1. The molecule has 0 spiro atoms. The number of hydrogen-bond donors (Lipinski definition) is 2. The largest absolute Gasteiger partial charge is 0.394 e. The normalized spacial score (nSPS) is 12.2. The van der Waals surface area contributed by atoms with Crippen molar-refractivity contribution in [3.63, 3.8) is 0 Å². The minimum Gasteiger partial charge on any atom is -0.394 e. The van der Waals surface area contributed by atoms with Crippen molar-refractivity contribution in [2.45, 2.75) is 6.10 Å². The first kappa shape index (κ1) is 14.3. The lowest BCUT2D eigenvalue weighted by Gasteiger charge is -2.21. The van der Waals surface area contributed by atoms with Crippen LogP contribution in [0.3, 0.4) is 0 Å². The number of hydrogen-bond acceptors (Lipinski definition) is 3. The second-order valence-corrected chi connectivity index (χ2v) is 4.63. The molecule has 0 aliphatic carbocycles. The molecule has 5 nitrogen and oxygen atoms in total. The Bertz CT molecular complexity index is 566. The number of amides is 1. The van der Waals surface area contributed by atoms with Crippen molar-refractivity contribution >= 4 is 5.91 Å². The minimum atomic E-state index is -0.928. The van der Waals surface area contributed by atoms with E-state index >= 15 is 0 Å². The molecule has 106 valence electrons. The molecular weight excluding hydrogens is 256 g/mol. The van der Waals surface area contributed by atoms with Crippen LogP contribution >= 0.6 is 0 Å². The average Bonchev–Trinajstić information content (AvgIpc) is 3.00. The maximum Gasteiger partial charge on any atom is 0.255 e. The van der Waals surface area contributed by atoms with E-state index < -0.39 is 6.10 Å². The number of nitrogens with zero attached hydrogens (tertiary/aromatic N) is 2. The van der Waals surface area contributed by atoms with Gasteiger partial charge in [0, 0.05) is 26.0 Å². The fourth-order valence-electron chi connectivity index (χ4n) is 2.04. The molecule has 1 amide bonds. The molecular formula is C15H18N2O3. The molecule has 0 saturated heterocycles. The lowest BCUT2D eigenvalue weighted by Crippen LogP contribution is -2.36. The molecule has 0 radical (unpaired) electrons. The van der Waals surface area contributed by atoms with Crippen LogP contribution in [0.15, 0.2) is 48.8 Å². The van der Waals surface area contributed by atoms with Gasteiger partial charge >= 0.3 is 0 Å². The van der Waals surface area contributed by atoms with E-state index in [0.717, 1.165) is 5.69 Å². The summed E-state index contributed by atoms with van der Waals surface area (Å²) >= 11 is 0. The fraction of sp³-hybridized carbons (Fsp3) is 0.267. The summed E-state index contributed by atoms with van der Waals surface area (Å²) in [5.41, 5.74) is 1.34. The summed E-state index contributed by atoms with van der Waals surface area (Å²) in [5.74, 6) is -0.193. The molecule has 2 aromatic rings. The monoisotopic (exact) mass is 274 g/mol. The number of carbonyl (C=O) groups excluding carboxylic acids is 1. The highest BCUT2D eigenvalue weighted by molar-refractivity contribution is 5.97. The molecule has 0 fully saturated rings. The highest BCUT2D eigenvalue weighted by Gasteiger charge is 2.18. The van der Waals surface area contributed by atoms with Crippen molar-refractivity contribution in [1.82, 2.24) is 9.47 Å². The third-order valence-corrected chi connectivity index (χ3v) is 3.06. The van der Waals surface area contributed by atoms with Crippen molar-refractivity contribution in [3.8, 4) is 5.69 Å². The highest BCUT2D eigenvalue weighted by Crippen LogP contribution is 2.16. The van der Waals surface area contributed by atoms with E-state index in [0.29, 0.717) is 5.56 Å². The Morgan fingerprint density at radius 3 is 2.55 bits per heavy atom. The number of benzene rings is 1. The van der Waals surface area contributed by atoms with Gasteiger partial charge in [-0.2, -0.15) is 0 Å². The van der Waals surface area contributed by atoms with Crippen LogP contribution in [0.2, 0.25) is 0 Å². The van der Waals surface area contributed by atoms with Crippen molar-refractivity contribution < 1.29 is 15.0 Å². The zero-order valence-corrected chi connectivity index (χ0v) is 11.3. The molecule has 0 unspecified atom stereocenters. The first-order valence-electron chi connectivity index (χ1n) is 6.40. The van der Waals surface area contributed by atoms with Gasteiger partial charge in [0.25, 0.3) is 5.91 Å². The maximum atomic E-state index is 12.4. The third kappa shape index (κ3) is 3.07. The average molecular weight is 274 g/mol. The van der Waals surface area contributed by atoms with Gasteiger partial charge in [-0.05, 0) is 24.3 Å². The molecule has 5 heteroatoms. The zero-order valence-electron chi connectivity index (χ0n) is 11.3. The molecule has 1 aromatic carbocycles. The quantitative estimate of drug-likeness (QED) is 0.851. The van der Waals surface area contributed by atoms with E-state index in [1.165, 1.54) is 4.90 Å². The van der Waals surface area contributed by atoms with E-state index in [1.54, 1.807) is 19.2 Å². The molecule has 2 N–H and O–H groups in total. The molecule has 2 rings (SSSR count). The van der Waals surface area contributed by atoms with Gasteiger partial charge in [0.15, 0.2) is 0 Å². The van der Waals surface area contributed by atoms with Gasteiger partial charge in [-0.15, -0.1) is 0 Å². The SMILES string of the molecule is CN(C[C@H](O)CO)C(=O)c1ccccc1-n1cccc1. The standard InChI is InChI=1S/C15H18N2O3/c1-16(10-12(19)11-18)15(20)13-6-2-3-7-14(13)17-8-4-5-9-17/h2-9,12,18-19H,10-11H2,1H3/t12-/m0/s1. The Labute approximate surface area is 117 Å². The molecule has 20 heavy (non-hydrogen) atoms. The Morgan fingerprint density at radius 1 is 1.25 bits per heavy atom. The number of aliphatic hydroxyl groups is 2. The topological polar surface area (TPSA) is 65.7 Å². The molecule has 0 aliphatic rings. The summed E-state index contributed by atoms with van der Waals surface area (Å²) in [6.07, 6.45) is 2.81. The molecule has 1 heterocycles. The van der Waals surface area contributed by atoms with Crippen LogP contribution in [0.4, 0.5) is 0 Å². The van der Waals surface area contributed by atoms with Crippen LogP contribution in [-0.4, -0.2) is 51.9 Å². The summed E-state index contributed by atoms with van der Waals surface area (Å²) in [7, 11) is 1.60. The van der Waals surface area contributed by atoms with E-state index in [-0.39, 0.29) is 19.1 Å². The molecule has 0 bridgehead atoms. The summed E-state index contributed by atoms with van der Waals surface area (Å²) in [6, 6.07) is 11.1. The summed E-state index contributed by atoms with van der Waals surface area (Å²) < 4.78 is 1.86. The Morgan fingerprint density at radius 2 is 1.90 bits per heavy atom. The van der Waals surface area contributed by atoms with Crippen molar-refractivity contribution in [2.75, 3.05) is 20.2 Å². The number of rotatable bonds is 5. The number of aliphatic hydroxyl groups excluding tert-OH is 2. The van der Waals surface area contributed by atoms with E-state index in [4.69, 9.17) is 5.11 Å². The number of likely N-dealkylation sites (N-methyl/N-ethyl adjacent to an activating group) is 1. The van der Waals surface area contributed by atoms with Gasteiger partial charge in [-0.25, -0.2) is 0 Å². The number of aromatic nitrogens is 1. The predicted octanol–water partition coefficient (Wildman–Crippen LogP) is 0.902. The summed E-state index contributed by atoms with van der Waals surface area (Å²) in [6.45, 7) is -0.272. The van der Waals surface area contributed by atoms with Crippen molar-refractivity contribution in [1.29, 1.82) is 0 Å². The van der Waals surface area contributed by atoms with Gasteiger partial charge in [0.05, 0.1) is 24.0 Å². The van der Waals surface area contributed by atoms with Crippen molar-refractivity contribution in [2.24, 2.45) is 0 Å². The van der Waals surface area contributed by atoms with E-state index in [1.807, 2.05) is 41.2 Å². The van der Waals surface area contributed by atoms with E-state index in [2.05, 4.69) is 0 Å². The first-order chi connectivity index (χ1) is 9.63. The molecule has 0 saturated carbocycles. The third-order valence-electron chi connectivity index (χ3n) is 3.06. The molecule has 1 atom stereocenters. The van der Waals surface area contributed by atoms with Crippen LogP contribution in [-0.2, 0) is 0 Å². The highest BCUT2D eigenvalue weighted by atomic mass is 16.3. The smallest absolute Gasteiger partial charge is 0.255 e. The van der Waals surface area contributed by atoms with Gasteiger partial charge in [-0.1, -0.05) is 12.1 Å². The second-order valence-electron chi connectivity index (χ2n) is 4.63. The summed E-state index contributed by atoms with van der Waals surface area (Å²) in [5, 5.41) is 18.3.